The van der Waals surface area contributed by atoms with Gasteiger partial charge in [0.1, 0.15) is 5.84 Å². The van der Waals surface area contributed by atoms with Gasteiger partial charge in [-0.2, -0.15) is 0 Å². The lowest BCUT2D eigenvalue weighted by molar-refractivity contribution is -0.115. The molecule has 1 heterocycles. The third-order valence-electron chi connectivity index (χ3n) is 4.96. The molecule has 2 aromatic rings. The first kappa shape index (κ1) is 21.8. The fraction of sp³-hybridized carbons (Fsp3) is 0.364. The molecule has 3 rings (SSSR count). The minimum Gasteiger partial charge on any atom is -0.362 e. The Morgan fingerprint density at radius 1 is 1.17 bits per heavy atom. The lowest BCUT2D eigenvalue weighted by Gasteiger charge is -2.24. The van der Waals surface area contributed by atoms with Gasteiger partial charge in [0.25, 0.3) is 10.0 Å². The number of amidine groups is 1. The van der Waals surface area contributed by atoms with Gasteiger partial charge in [-0.15, -0.1) is 0 Å². The van der Waals surface area contributed by atoms with Crippen LogP contribution >= 0.6 is 0 Å². The molecule has 1 aliphatic rings. The van der Waals surface area contributed by atoms with E-state index in [-0.39, 0.29) is 17.3 Å². The summed E-state index contributed by atoms with van der Waals surface area (Å²) in [5.41, 5.74) is 3.73. The molecular formula is C22H28N4O3S. The van der Waals surface area contributed by atoms with Gasteiger partial charge in [0.05, 0.1) is 11.4 Å². The molecule has 160 valence electrons. The van der Waals surface area contributed by atoms with Gasteiger partial charge >= 0.3 is 0 Å². The molecule has 0 spiro atoms. The van der Waals surface area contributed by atoms with Gasteiger partial charge in [-0.3, -0.25) is 14.5 Å². The maximum absolute atomic E-state index is 12.6. The lowest BCUT2D eigenvalue weighted by atomic mass is 10.1. The summed E-state index contributed by atoms with van der Waals surface area (Å²) in [5, 5.41) is 2.81. The van der Waals surface area contributed by atoms with Crippen LogP contribution in [0.3, 0.4) is 0 Å². The van der Waals surface area contributed by atoms with Crippen molar-refractivity contribution in [1.29, 1.82) is 0 Å². The number of carbonyl (C=O) groups is 1. The van der Waals surface area contributed by atoms with Crippen molar-refractivity contribution in [2.75, 3.05) is 29.9 Å². The van der Waals surface area contributed by atoms with Crippen LogP contribution in [0.4, 0.5) is 11.4 Å². The van der Waals surface area contributed by atoms with Gasteiger partial charge in [-0.1, -0.05) is 23.8 Å². The summed E-state index contributed by atoms with van der Waals surface area (Å²) >= 11 is 0. The quantitative estimate of drug-likeness (QED) is 0.708. The Hall–Kier alpha value is -2.87. The number of hydrogen-bond acceptors (Lipinski definition) is 5. The Labute approximate surface area is 178 Å². The fourth-order valence-electron chi connectivity index (χ4n) is 3.48. The molecule has 0 unspecified atom stereocenters. The van der Waals surface area contributed by atoms with E-state index < -0.39 is 10.0 Å². The molecule has 0 saturated heterocycles. The van der Waals surface area contributed by atoms with E-state index in [2.05, 4.69) is 21.1 Å². The number of likely N-dealkylation sites (N-methyl/N-ethyl adjacent to an activating group) is 1. The number of rotatable bonds is 7. The zero-order valence-electron chi connectivity index (χ0n) is 17.6. The number of sulfonamides is 1. The monoisotopic (exact) mass is 428 g/mol. The van der Waals surface area contributed by atoms with Gasteiger partial charge < -0.3 is 10.2 Å². The van der Waals surface area contributed by atoms with Crippen molar-refractivity contribution in [1.82, 2.24) is 4.72 Å². The summed E-state index contributed by atoms with van der Waals surface area (Å²) in [5.74, 6) is 0.274. The van der Waals surface area contributed by atoms with Crippen LogP contribution in [0.1, 0.15) is 30.9 Å². The molecule has 1 aliphatic heterocycles. The predicted octanol–water partition coefficient (Wildman–Crippen LogP) is 3.24. The number of anilines is 2. The first-order valence-electron chi connectivity index (χ1n) is 10.1. The summed E-state index contributed by atoms with van der Waals surface area (Å²) in [6, 6.07) is 12.4. The summed E-state index contributed by atoms with van der Waals surface area (Å²) in [7, 11) is -3.72. The smallest absolute Gasteiger partial charge is 0.262 e. The third kappa shape index (κ3) is 5.38. The first-order chi connectivity index (χ1) is 14.3. The molecule has 0 atom stereocenters. The van der Waals surface area contributed by atoms with Gasteiger partial charge in [0, 0.05) is 30.9 Å². The molecule has 8 heteroatoms. The van der Waals surface area contributed by atoms with Crippen molar-refractivity contribution in [3.05, 3.63) is 53.6 Å². The van der Waals surface area contributed by atoms with Crippen molar-refractivity contribution < 1.29 is 13.2 Å². The topological polar surface area (TPSA) is 90.9 Å². The van der Waals surface area contributed by atoms with E-state index in [4.69, 9.17) is 0 Å². The first-order valence-corrected chi connectivity index (χ1v) is 11.5. The van der Waals surface area contributed by atoms with E-state index in [0.29, 0.717) is 31.0 Å². The molecule has 0 fully saturated rings. The fourth-order valence-corrected chi connectivity index (χ4v) is 4.61. The minimum absolute atomic E-state index is 0.0941. The van der Waals surface area contributed by atoms with Gasteiger partial charge in [-0.25, -0.2) is 8.42 Å². The zero-order chi connectivity index (χ0) is 21.7. The SMILES string of the molecule is CCN(CC(=O)Nc1cccc(S(=O)(=O)NC2=NCCC2)c1)c1ccc(C)cc1C. The average Bonchev–Trinajstić information content (AvgIpc) is 3.19. The average molecular weight is 429 g/mol. The van der Waals surface area contributed by atoms with Crippen LogP contribution in [0.5, 0.6) is 0 Å². The molecule has 0 saturated carbocycles. The van der Waals surface area contributed by atoms with E-state index in [1.54, 1.807) is 12.1 Å². The van der Waals surface area contributed by atoms with Crippen molar-refractivity contribution in [3.8, 4) is 0 Å². The van der Waals surface area contributed by atoms with Gasteiger partial charge in [0.15, 0.2) is 0 Å². The highest BCUT2D eigenvalue weighted by Crippen LogP contribution is 2.21. The van der Waals surface area contributed by atoms with Crippen LogP contribution < -0.4 is 14.9 Å². The predicted molar refractivity (Wildman–Crippen MR) is 121 cm³/mol. The maximum atomic E-state index is 12.6. The van der Waals surface area contributed by atoms with E-state index in [0.717, 1.165) is 17.7 Å². The van der Waals surface area contributed by atoms with Crippen LogP contribution in [-0.4, -0.2) is 39.8 Å². The highest BCUT2D eigenvalue weighted by Gasteiger charge is 2.19. The van der Waals surface area contributed by atoms with Crippen molar-refractivity contribution >= 4 is 33.1 Å². The molecular weight excluding hydrogens is 400 g/mol. The lowest BCUT2D eigenvalue weighted by Crippen LogP contribution is -2.33. The van der Waals surface area contributed by atoms with Crippen molar-refractivity contribution in [2.24, 2.45) is 4.99 Å². The summed E-state index contributed by atoms with van der Waals surface area (Å²) < 4.78 is 27.7. The van der Waals surface area contributed by atoms with Crippen LogP contribution in [0.25, 0.3) is 0 Å². The normalized spacial score (nSPS) is 13.6. The van der Waals surface area contributed by atoms with E-state index >= 15 is 0 Å². The minimum atomic E-state index is -3.72. The number of aliphatic imine (C=N–C) groups is 1. The van der Waals surface area contributed by atoms with Crippen LogP contribution in [0.15, 0.2) is 52.4 Å². The van der Waals surface area contributed by atoms with Crippen LogP contribution in [0, 0.1) is 13.8 Å². The molecule has 7 nitrogen and oxygen atoms in total. The highest BCUT2D eigenvalue weighted by molar-refractivity contribution is 7.90. The molecule has 0 bridgehead atoms. The van der Waals surface area contributed by atoms with E-state index in [1.165, 1.54) is 17.7 Å². The molecule has 30 heavy (non-hydrogen) atoms. The Morgan fingerprint density at radius 3 is 2.63 bits per heavy atom. The van der Waals surface area contributed by atoms with Crippen molar-refractivity contribution in [3.63, 3.8) is 0 Å². The molecule has 2 aromatic carbocycles. The summed E-state index contributed by atoms with van der Waals surface area (Å²) in [6.45, 7) is 7.55. The number of hydrogen-bond donors (Lipinski definition) is 2. The Balaban J connectivity index is 1.69. The number of benzene rings is 2. The standard InChI is InChI=1S/C22H28N4O3S/c1-4-26(20-11-10-16(2)13-17(20)3)15-22(27)24-18-7-5-8-19(14-18)30(28,29)25-21-9-6-12-23-21/h5,7-8,10-11,13-14H,4,6,9,12,15H2,1-3H3,(H,23,25)(H,24,27). The number of amides is 1. The second-order valence-electron chi connectivity index (χ2n) is 7.42. The Morgan fingerprint density at radius 2 is 1.97 bits per heavy atom. The summed E-state index contributed by atoms with van der Waals surface area (Å²) in [4.78, 5) is 18.9. The molecule has 2 N–H and O–H groups in total. The highest BCUT2D eigenvalue weighted by atomic mass is 32.2. The molecule has 0 aromatic heterocycles. The summed E-state index contributed by atoms with van der Waals surface area (Å²) in [6.07, 6.45) is 1.48. The second-order valence-corrected chi connectivity index (χ2v) is 9.10. The van der Waals surface area contributed by atoms with Crippen LogP contribution in [0.2, 0.25) is 0 Å². The number of carbonyl (C=O) groups excluding carboxylic acids is 1. The largest absolute Gasteiger partial charge is 0.362 e. The molecule has 1 amide bonds. The molecule has 0 radical (unpaired) electrons. The Bertz CT molecular complexity index is 1060. The number of aryl methyl sites for hydroxylation is 2. The van der Waals surface area contributed by atoms with Crippen LogP contribution in [-0.2, 0) is 14.8 Å². The van der Waals surface area contributed by atoms with Crippen molar-refractivity contribution in [2.45, 2.75) is 38.5 Å². The van der Waals surface area contributed by atoms with E-state index in [9.17, 15) is 13.2 Å². The second kappa shape index (κ2) is 9.30. The number of nitrogens with zero attached hydrogens (tertiary/aromatic N) is 2. The third-order valence-corrected chi connectivity index (χ3v) is 6.34. The molecule has 0 aliphatic carbocycles. The maximum Gasteiger partial charge on any atom is 0.262 e. The number of nitrogens with one attached hydrogen (secondary N) is 2. The zero-order valence-corrected chi connectivity index (χ0v) is 18.4. The van der Waals surface area contributed by atoms with Gasteiger partial charge in [0.2, 0.25) is 5.91 Å². The van der Waals surface area contributed by atoms with E-state index in [1.807, 2.05) is 37.8 Å². The van der Waals surface area contributed by atoms with Gasteiger partial charge in [-0.05, 0) is 57.0 Å². The Kier molecular flexibility index (Phi) is 6.77.